The molecule has 0 bridgehead atoms. The lowest BCUT2D eigenvalue weighted by atomic mass is 9.97. The molecule has 5 heteroatoms. The van der Waals surface area contributed by atoms with Gasteiger partial charge in [-0.3, -0.25) is 9.59 Å². The maximum atomic E-state index is 13.3. The predicted octanol–water partition coefficient (Wildman–Crippen LogP) is 6.33. The maximum Gasteiger partial charge on any atom is 0.252 e. The van der Waals surface area contributed by atoms with E-state index in [-0.39, 0.29) is 23.2 Å². The highest BCUT2D eigenvalue weighted by atomic mass is 32.2. The molecule has 0 radical (unpaired) electrons. The van der Waals surface area contributed by atoms with Crippen molar-refractivity contribution in [3.63, 3.8) is 0 Å². The minimum absolute atomic E-state index is 0.0297. The maximum absolute atomic E-state index is 13.3. The van der Waals surface area contributed by atoms with Crippen LogP contribution >= 0.6 is 11.8 Å². The van der Waals surface area contributed by atoms with Crippen molar-refractivity contribution in [1.82, 2.24) is 10.2 Å². The van der Waals surface area contributed by atoms with Gasteiger partial charge in [0.25, 0.3) is 5.91 Å². The van der Waals surface area contributed by atoms with Crippen molar-refractivity contribution in [1.29, 1.82) is 0 Å². The van der Waals surface area contributed by atoms with E-state index in [1.54, 1.807) is 11.8 Å². The summed E-state index contributed by atoms with van der Waals surface area (Å²) in [5.74, 6) is 0.519. The molecule has 4 nitrogen and oxygen atoms in total. The quantitative estimate of drug-likeness (QED) is 0.304. The first kappa shape index (κ1) is 24.8. The zero-order valence-corrected chi connectivity index (χ0v) is 21.7. The van der Waals surface area contributed by atoms with Crippen molar-refractivity contribution < 1.29 is 9.59 Å². The van der Waals surface area contributed by atoms with Crippen molar-refractivity contribution in [2.24, 2.45) is 0 Å². The Morgan fingerprint density at radius 2 is 1.49 bits per heavy atom. The number of hydrogen-bond acceptors (Lipinski definition) is 3. The lowest BCUT2D eigenvalue weighted by Gasteiger charge is -2.24. The van der Waals surface area contributed by atoms with E-state index in [0.29, 0.717) is 17.9 Å². The van der Waals surface area contributed by atoms with Crippen molar-refractivity contribution in [2.75, 3.05) is 12.3 Å². The summed E-state index contributed by atoms with van der Waals surface area (Å²) in [6.07, 6.45) is 0.823. The molecule has 0 saturated carbocycles. The minimum Gasteiger partial charge on any atom is -0.341 e. The van der Waals surface area contributed by atoms with Crippen molar-refractivity contribution in [3.05, 3.63) is 143 Å². The fraction of sp³-hybridized carbons (Fsp3) is 0.188. The summed E-state index contributed by atoms with van der Waals surface area (Å²) in [5.41, 5.74) is 6.11. The average molecular weight is 507 g/mol. The van der Waals surface area contributed by atoms with Gasteiger partial charge in [-0.15, -0.1) is 11.8 Å². The molecule has 1 fully saturated rings. The molecule has 2 atom stereocenters. The molecule has 0 unspecified atom stereocenters. The standard InChI is InChI=1S/C32H30N2O2S/c1-23-12-14-26(15-13-23)30(25-10-6-3-7-11-25)33-31(36)27-16-18-28(19-17-27)32-34(29(35)22-37-32)21-20-24-8-4-2-5-9-24/h2-19,30,32H,20-22H2,1H3,(H,33,36)/t30-,32-/m0/s1. The Hall–Kier alpha value is -3.83. The second-order valence-electron chi connectivity index (χ2n) is 9.34. The van der Waals surface area contributed by atoms with E-state index in [1.807, 2.05) is 77.7 Å². The van der Waals surface area contributed by atoms with Gasteiger partial charge < -0.3 is 10.2 Å². The largest absolute Gasteiger partial charge is 0.341 e. The van der Waals surface area contributed by atoms with Gasteiger partial charge in [-0.2, -0.15) is 0 Å². The van der Waals surface area contributed by atoms with Crippen LogP contribution in [0.25, 0.3) is 0 Å². The average Bonchev–Trinajstić information content (AvgIpc) is 3.32. The van der Waals surface area contributed by atoms with Crippen LogP contribution in [0.2, 0.25) is 0 Å². The Morgan fingerprint density at radius 1 is 0.865 bits per heavy atom. The molecule has 1 N–H and O–H groups in total. The van der Waals surface area contributed by atoms with Gasteiger partial charge in [0, 0.05) is 12.1 Å². The molecule has 5 rings (SSSR count). The Balaban J connectivity index is 1.30. The van der Waals surface area contributed by atoms with Gasteiger partial charge in [-0.1, -0.05) is 103 Å². The second kappa shape index (κ2) is 11.5. The highest BCUT2D eigenvalue weighted by Crippen LogP contribution is 2.38. The van der Waals surface area contributed by atoms with E-state index in [0.717, 1.165) is 23.1 Å². The lowest BCUT2D eigenvalue weighted by Crippen LogP contribution is -2.30. The third-order valence-electron chi connectivity index (χ3n) is 6.73. The summed E-state index contributed by atoms with van der Waals surface area (Å²) in [5, 5.41) is 3.19. The fourth-order valence-electron chi connectivity index (χ4n) is 4.64. The van der Waals surface area contributed by atoms with Crippen molar-refractivity contribution >= 4 is 23.6 Å². The third kappa shape index (κ3) is 5.95. The number of carbonyl (C=O) groups excluding carboxylic acids is 2. The van der Waals surface area contributed by atoms with Crippen LogP contribution in [-0.4, -0.2) is 29.0 Å². The number of amides is 2. The van der Waals surface area contributed by atoms with E-state index in [4.69, 9.17) is 0 Å². The van der Waals surface area contributed by atoms with Crippen molar-refractivity contribution in [3.8, 4) is 0 Å². The van der Waals surface area contributed by atoms with Gasteiger partial charge in [0.05, 0.1) is 11.8 Å². The number of hydrogen-bond donors (Lipinski definition) is 1. The molecule has 0 aromatic heterocycles. The first-order valence-electron chi connectivity index (χ1n) is 12.6. The van der Waals surface area contributed by atoms with E-state index in [9.17, 15) is 9.59 Å². The molecule has 0 aliphatic carbocycles. The molecule has 2 amide bonds. The van der Waals surface area contributed by atoms with Crippen LogP contribution in [0, 0.1) is 6.92 Å². The first-order valence-corrected chi connectivity index (χ1v) is 13.6. The van der Waals surface area contributed by atoms with Gasteiger partial charge in [-0.05, 0) is 47.7 Å². The summed E-state index contributed by atoms with van der Waals surface area (Å²) in [6, 6.07) is 36.0. The molecule has 4 aromatic rings. The zero-order valence-electron chi connectivity index (χ0n) is 20.8. The monoisotopic (exact) mass is 506 g/mol. The van der Waals surface area contributed by atoms with Gasteiger partial charge in [-0.25, -0.2) is 0 Å². The minimum atomic E-state index is -0.245. The molecule has 1 saturated heterocycles. The van der Waals surface area contributed by atoms with Gasteiger partial charge in [0.2, 0.25) is 5.91 Å². The second-order valence-corrected chi connectivity index (χ2v) is 10.4. The predicted molar refractivity (Wildman–Crippen MR) is 150 cm³/mol. The van der Waals surface area contributed by atoms with E-state index in [1.165, 1.54) is 11.1 Å². The first-order chi connectivity index (χ1) is 18.1. The number of benzene rings is 4. The topological polar surface area (TPSA) is 49.4 Å². The molecule has 4 aromatic carbocycles. The molecule has 37 heavy (non-hydrogen) atoms. The highest BCUT2D eigenvalue weighted by Gasteiger charge is 2.32. The van der Waals surface area contributed by atoms with E-state index in [2.05, 4.69) is 48.6 Å². The van der Waals surface area contributed by atoms with E-state index < -0.39 is 0 Å². The van der Waals surface area contributed by atoms with Crippen LogP contribution in [0.4, 0.5) is 0 Å². The zero-order chi connectivity index (χ0) is 25.6. The van der Waals surface area contributed by atoms with Crippen LogP contribution < -0.4 is 5.32 Å². The summed E-state index contributed by atoms with van der Waals surface area (Å²) < 4.78 is 0. The SMILES string of the molecule is Cc1ccc([C@@H](NC(=O)c2ccc([C@@H]3SCC(=O)N3CCc3ccccc3)cc2)c2ccccc2)cc1. The summed E-state index contributed by atoms with van der Waals surface area (Å²) >= 11 is 1.64. The van der Waals surface area contributed by atoms with Gasteiger partial charge >= 0.3 is 0 Å². The Bertz CT molecular complexity index is 1340. The Labute approximate surface area is 222 Å². The smallest absolute Gasteiger partial charge is 0.252 e. The molecule has 1 aliphatic rings. The molecule has 0 spiro atoms. The van der Waals surface area contributed by atoms with Crippen LogP contribution in [-0.2, 0) is 11.2 Å². The van der Waals surface area contributed by atoms with Crippen LogP contribution in [0.15, 0.2) is 109 Å². The highest BCUT2D eigenvalue weighted by molar-refractivity contribution is 8.00. The lowest BCUT2D eigenvalue weighted by molar-refractivity contribution is -0.128. The van der Waals surface area contributed by atoms with Gasteiger partial charge in [0.15, 0.2) is 0 Å². The molecule has 1 heterocycles. The third-order valence-corrected chi connectivity index (χ3v) is 7.99. The normalized spacial score (nSPS) is 16.0. The summed E-state index contributed by atoms with van der Waals surface area (Å²) in [7, 11) is 0. The van der Waals surface area contributed by atoms with Crippen molar-refractivity contribution in [2.45, 2.75) is 24.8 Å². The van der Waals surface area contributed by atoms with Crippen LogP contribution in [0.3, 0.4) is 0 Å². The summed E-state index contributed by atoms with van der Waals surface area (Å²) in [4.78, 5) is 27.9. The number of nitrogens with zero attached hydrogens (tertiary/aromatic N) is 1. The fourth-order valence-corrected chi connectivity index (χ4v) is 5.86. The molecular formula is C32H30N2O2S. The number of rotatable bonds is 8. The molecule has 1 aliphatic heterocycles. The number of thioether (sulfide) groups is 1. The van der Waals surface area contributed by atoms with Crippen LogP contribution in [0.1, 0.15) is 49.6 Å². The molecule has 186 valence electrons. The van der Waals surface area contributed by atoms with Gasteiger partial charge in [0.1, 0.15) is 5.37 Å². The van der Waals surface area contributed by atoms with E-state index >= 15 is 0 Å². The van der Waals surface area contributed by atoms with Crippen LogP contribution in [0.5, 0.6) is 0 Å². The number of aryl methyl sites for hydroxylation is 1. The number of nitrogens with one attached hydrogen (secondary N) is 1. The number of carbonyl (C=O) groups is 2. The molecular weight excluding hydrogens is 476 g/mol. The Kier molecular flexibility index (Phi) is 7.71. The summed E-state index contributed by atoms with van der Waals surface area (Å²) in [6.45, 7) is 2.73. The Morgan fingerprint density at radius 3 is 2.16 bits per heavy atom.